The lowest BCUT2D eigenvalue weighted by Gasteiger charge is -2.16. The molecule has 0 aliphatic rings. The van der Waals surface area contributed by atoms with Gasteiger partial charge in [0.15, 0.2) is 5.65 Å². The summed E-state index contributed by atoms with van der Waals surface area (Å²) in [5, 5.41) is 2.87. The monoisotopic (exact) mass is 440 g/mol. The van der Waals surface area contributed by atoms with Crippen LogP contribution in [-0.4, -0.2) is 34.7 Å². The molecule has 0 aliphatic carbocycles. The van der Waals surface area contributed by atoms with E-state index in [1.807, 2.05) is 27.7 Å². The standard InChI is InChI=1S/C23H28N4O5/c1-12(2)11-27-20-19(22(29)26-23(27)30)15(10-17(24-20)13(3)4)21(28)25-16-8-7-14(31-5)9-18(16)32-6/h7-10,12-13H,11H2,1-6H3,(H,25,28)(H,26,29,30). The molecule has 0 unspecified atom stereocenters. The number of anilines is 1. The maximum Gasteiger partial charge on any atom is 0.330 e. The first-order valence-corrected chi connectivity index (χ1v) is 10.4. The number of nitrogens with one attached hydrogen (secondary N) is 2. The van der Waals surface area contributed by atoms with E-state index in [0.29, 0.717) is 29.4 Å². The van der Waals surface area contributed by atoms with Crippen molar-refractivity contribution in [3.63, 3.8) is 0 Å². The van der Waals surface area contributed by atoms with Crippen LogP contribution in [-0.2, 0) is 6.54 Å². The first kappa shape index (κ1) is 23.1. The van der Waals surface area contributed by atoms with Gasteiger partial charge in [-0.3, -0.25) is 19.1 Å². The molecule has 0 saturated heterocycles. The zero-order valence-electron chi connectivity index (χ0n) is 19.1. The Bertz CT molecular complexity index is 1270. The molecule has 1 aromatic carbocycles. The van der Waals surface area contributed by atoms with Gasteiger partial charge in [-0.05, 0) is 30.0 Å². The molecule has 32 heavy (non-hydrogen) atoms. The number of ether oxygens (including phenoxy) is 2. The number of amides is 1. The Morgan fingerprint density at radius 3 is 2.44 bits per heavy atom. The maximum atomic E-state index is 13.3. The summed E-state index contributed by atoms with van der Waals surface area (Å²) in [5.41, 5.74) is 0.154. The van der Waals surface area contributed by atoms with Crippen molar-refractivity contribution in [3.05, 3.63) is 56.4 Å². The number of H-pyrrole nitrogens is 1. The Morgan fingerprint density at radius 2 is 1.84 bits per heavy atom. The molecule has 0 radical (unpaired) electrons. The summed E-state index contributed by atoms with van der Waals surface area (Å²) >= 11 is 0. The van der Waals surface area contributed by atoms with Crippen LogP contribution in [0, 0.1) is 5.92 Å². The highest BCUT2D eigenvalue weighted by molar-refractivity contribution is 6.12. The molecule has 0 fully saturated rings. The predicted molar refractivity (Wildman–Crippen MR) is 123 cm³/mol. The molecule has 0 saturated carbocycles. The van der Waals surface area contributed by atoms with Gasteiger partial charge in [-0.1, -0.05) is 27.7 Å². The molecule has 9 heteroatoms. The van der Waals surface area contributed by atoms with Crippen molar-refractivity contribution < 1.29 is 14.3 Å². The summed E-state index contributed by atoms with van der Waals surface area (Å²) in [6.45, 7) is 8.13. The molecule has 0 atom stereocenters. The number of nitrogens with zero attached hydrogens (tertiary/aromatic N) is 2. The fourth-order valence-corrected chi connectivity index (χ4v) is 3.39. The fourth-order valence-electron chi connectivity index (χ4n) is 3.39. The van der Waals surface area contributed by atoms with Gasteiger partial charge in [0.25, 0.3) is 11.5 Å². The summed E-state index contributed by atoms with van der Waals surface area (Å²) in [6.07, 6.45) is 0. The zero-order valence-corrected chi connectivity index (χ0v) is 19.1. The average molecular weight is 441 g/mol. The lowest BCUT2D eigenvalue weighted by molar-refractivity contribution is 0.102. The average Bonchev–Trinajstić information content (AvgIpc) is 2.75. The Labute approximate surface area is 185 Å². The second kappa shape index (κ2) is 9.25. The van der Waals surface area contributed by atoms with E-state index in [-0.39, 0.29) is 28.4 Å². The number of hydrogen-bond acceptors (Lipinski definition) is 6. The maximum absolute atomic E-state index is 13.3. The van der Waals surface area contributed by atoms with Crippen LogP contribution in [0.1, 0.15) is 49.7 Å². The van der Waals surface area contributed by atoms with Crippen LogP contribution >= 0.6 is 0 Å². The molecule has 0 bridgehead atoms. The van der Waals surface area contributed by atoms with Crippen molar-refractivity contribution in [2.75, 3.05) is 19.5 Å². The van der Waals surface area contributed by atoms with E-state index in [9.17, 15) is 14.4 Å². The van der Waals surface area contributed by atoms with Crippen LogP contribution in [0.25, 0.3) is 11.0 Å². The molecule has 3 aromatic rings. The molecule has 0 aliphatic heterocycles. The van der Waals surface area contributed by atoms with Gasteiger partial charge in [0.2, 0.25) is 0 Å². The van der Waals surface area contributed by atoms with Gasteiger partial charge in [-0.25, -0.2) is 9.78 Å². The molecular formula is C23H28N4O5. The van der Waals surface area contributed by atoms with Crippen molar-refractivity contribution in [3.8, 4) is 11.5 Å². The Hall–Kier alpha value is -3.62. The van der Waals surface area contributed by atoms with Gasteiger partial charge < -0.3 is 14.8 Å². The van der Waals surface area contributed by atoms with Crippen LogP contribution in [0.4, 0.5) is 5.69 Å². The summed E-state index contributed by atoms with van der Waals surface area (Å²) < 4.78 is 12.0. The number of carbonyl (C=O) groups excluding carboxylic acids is 1. The predicted octanol–water partition coefficient (Wildman–Crippen LogP) is 3.13. The highest BCUT2D eigenvalue weighted by Crippen LogP contribution is 2.30. The minimum atomic E-state index is -0.653. The van der Waals surface area contributed by atoms with Crippen LogP contribution in [0.15, 0.2) is 33.9 Å². The Balaban J connectivity index is 2.22. The number of carbonyl (C=O) groups is 1. The Kier molecular flexibility index (Phi) is 6.67. The van der Waals surface area contributed by atoms with Gasteiger partial charge in [-0.15, -0.1) is 0 Å². The molecule has 2 N–H and O–H groups in total. The van der Waals surface area contributed by atoms with Crippen molar-refractivity contribution in [2.24, 2.45) is 5.92 Å². The summed E-state index contributed by atoms with van der Waals surface area (Å²) in [5.74, 6) is 0.578. The van der Waals surface area contributed by atoms with Crippen molar-refractivity contribution >= 4 is 22.6 Å². The number of benzene rings is 1. The van der Waals surface area contributed by atoms with Gasteiger partial charge in [-0.2, -0.15) is 0 Å². The van der Waals surface area contributed by atoms with Crippen LogP contribution < -0.4 is 26.0 Å². The van der Waals surface area contributed by atoms with Gasteiger partial charge in [0.05, 0.1) is 30.9 Å². The number of hydrogen-bond donors (Lipinski definition) is 2. The van der Waals surface area contributed by atoms with E-state index in [4.69, 9.17) is 9.47 Å². The first-order chi connectivity index (χ1) is 15.2. The normalized spacial score (nSPS) is 11.2. The van der Waals surface area contributed by atoms with E-state index < -0.39 is 17.2 Å². The third kappa shape index (κ3) is 4.51. The van der Waals surface area contributed by atoms with Crippen LogP contribution in [0.2, 0.25) is 0 Å². The number of pyridine rings is 1. The number of fused-ring (bicyclic) bond motifs is 1. The summed E-state index contributed by atoms with van der Waals surface area (Å²) in [6, 6.07) is 6.58. The molecule has 170 valence electrons. The molecule has 1 amide bonds. The molecule has 2 aromatic heterocycles. The third-order valence-corrected chi connectivity index (χ3v) is 5.01. The molecule has 2 heterocycles. The third-order valence-electron chi connectivity index (χ3n) is 5.01. The zero-order chi connectivity index (χ0) is 23.6. The summed E-state index contributed by atoms with van der Waals surface area (Å²) in [4.78, 5) is 45.5. The minimum Gasteiger partial charge on any atom is -0.497 e. The van der Waals surface area contributed by atoms with E-state index in [0.717, 1.165) is 0 Å². The molecule has 9 nitrogen and oxygen atoms in total. The van der Waals surface area contributed by atoms with E-state index in [2.05, 4.69) is 15.3 Å². The van der Waals surface area contributed by atoms with Crippen LogP contribution in [0.3, 0.4) is 0 Å². The van der Waals surface area contributed by atoms with Crippen molar-refractivity contribution in [2.45, 2.75) is 40.2 Å². The molecule has 3 rings (SSSR count). The largest absolute Gasteiger partial charge is 0.497 e. The SMILES string of the molecule is COc1ccc(NC(=O)c2cc(C(C)C)nc3c2c(=O)[nH]c(=O)n3CC(C)C)c(OC)c1. The van der Waals surface area contributed by atoms with Crippen LogP contribution in [0.5, 0.6) is 11.5 Å². The number of methoxy groups -OCH3 is 2. The van der Waals surface area contributed by atoms with Gasteiger partial charge >= 0.3 is 5.69 Å². The first-order valence-electron chi connectivity index (χ1n) is 10.4. The van der Waals surface area contributed by atoms with Crippen molar-refractivity contribution in [1.82, 2.24) is 14.5 Å². The number of aromatic nitrogens is 3. The Morgan fingerprint density at radius 1 is 1.12 bits per heavy atom. The second-order valence-corrected chi connectivity index (χ2v) is 8.23. The van der Waals surface area contributed by atoms with Gasteiger partial charge in [0, 0.05) is 18.3 Å². The van der Waals surface area contributed by atoms with E-state index in [1.54, 1.807) is 24.3 Å². The van der Waals surface area contributed by atoms with E-state index in [1.165, 1.54) is 18.8 Å². The quantitative estimate of drug-likeness (QED) is 0.583. The fraction of sp³-hybridized carbons (Fsp3) is 0.391. The highest BCUT2D eigenvalue weighted by Gasteiger charge is 2.22. The number of rotatable bonds is 7. The van der Waals surface area contributed by atoms with E-state index >= 15 is 0 Å². The second-order valence-electron chi connectivity index (χ2n) is 8.23. The van der Waals surface area contributed by atoms with Gasteiger partial charge in [0.1, 0.15) is 11.5 Å². The van der Waals surface area contributed by atoms with Crippen molar-refractivity contribution in [1.29, 1.82) is 0 Å². The lowest BCUT2D eigenvalue weighted by Crippen LogP contribution is -2.33. The topological polar surface area (TPSA) is 115 Å². The highest BCUT2D eigenvalue weighted by atomic mass is 16.5. The lowest BCUT2D eigenvalue weighted by atomic mass is 10.0. The number of aromatic amines is 1. The molecular weight excluding hydrogens is 412 g/mol. The summed E-state index contributed by atoms with van der Waals surface area (Å²) in [7, 11) is 3.02. The molecule has 0 spiro atoms. The smallest absolute Gasteiger partial charge is 0.330 e. The minimum absolute atomic E-state index is 0.0247.